The van der Waals surface area contributed by atoms with E-state index in [0.717, 1.165) is 25.0 Å². The second kappa shape index (κ2) is 7.81. The van der Waals surface area contributed by atoms with Crippen LogP contribution in [0.5, 0.6) is 0 Å². The van der Waals surface area contributed by atoms with Crippen molar-refractivity contribution in [3.63, 3.8) is 0 Å². The molecule has 0 aromatic heterocycles. The molecule has 3 N–H and O–H groups in total. The second-order valence-electron chi connectivity index (χ2n) is 6.15. The molecule has 0 unspecified atom stereocenters. The Balaban J connectivity index is 1.57. The van der Waals surface area contributed by atoms with Crippen molar-refractivity contribution in [3.8, 4) is 0 Å². The van der Waals surface area contributed by atoms with E-state index in [4.69, 9.17) is 0 Å². The number of benzene rings is 2. The van der Waals surface area contributed by atoms with Gasteiger partial charge in [0.05, 0.1) is 11.5 Å². The largest absolute Gasteiger partial charge is 0.376 e. The molecule has 0 bridgehead atoms. The first-order valence-electron chi connectivity index (χ1n) is 8.31. The number of hydrogen-bond donors (Lipinski definition) is 3. The van der Waals surface area contributed by atoms with Gasteiger partial charge in [-0.25, -0.2) is 0 Å². The molecule has 0 atom stereocenters. The minimum Gasteiger partial charge on any atom is -0.376 e. The van der Waals surface area contributed by atoms with Crippen LogP contribution < -0.4 is 16.0 Å². The summed E-state index contributed by atoms with van der Waals surface area (Å²) in [5, 5.41) is 18.9. The van der Waals surface area contributed by atoms with Crippen LogP contribution in [0.15, 0.2) is 42.5 Å². The molecule has 1 saturated carbocycles. The Hall–Kier alpha value is -3.49. The number of anilines is 2. The highest BCUT2D eigenvalue weighted by molar-refractivity contribution is 5.98. The number of carbonyl (C=O) groups excluding carboxylic acids is 2. The van der Waals surface area contributed by atoms with E-state index in [1.165, 1.54) is 6.07 Å². The Bertz CT molecular complexity index is 899. The number of carbonyl (C=O) groups is 2. The lowest BCUT2D eigenvalue weighted by Crippen LogP contribution is -2.26. The van der Waals surface area contributed by atoms with Gasteiger partial charge in [-0.15, -0.1) is 0 Å². The van der Waals surface area contributed by atoms with Crippen molar-refractivity contribution in [2.24, 2.45) is 0 Å². The van der Waals surface area contributed by atoms with Crippen molar-refractivity contribution in [3.05, 3.63) is 64.0 Å². The predicted molar refractivity (Wildman–Crippen MR) is 97.1 cm³/mol. The van der Waals surface area contributed by atoms with Gasteiger partial charge in [0.2, 0.25) is 11.7 Å². The van der Waals surface area contributed by atoms with Crippen LogP contribution in [0, 0.1) is 15.9 Å². The first-order valence-corrected chi connectivity index (χ1v) is 8.31. The van der Waals surface area contributed by atoms with Crippen LogP contribution in [-0.4, -0.2) is 29.3 Å². The Kier molecular flexibility index (Phi) is 5.30. The van der Waals surface area contributed by atoms with Gasteiger partial charge in [-0.2, -0.15) is 4.39 Å². The zero-order valence-corrected chi connectivity index (χ0v) is 14.2. The number of amides is 2. The molecule has 2 aromatic rings. The van der Waals surface area contributed by atoms with Crippen LogP contribution in [0.4, 0.5) is 21.5 Å². The van der Waals surface area contributed by atoms with Gasteiger partial charge in [-0.05, 0) is 43.2 Å². The van der Waals surface area contributed by atoms with Gasteiger partial charge in [0.15, 0.2) is 0 Å². The van der Waals surface area contributed by atoms with Gasteiger partial charge < -0.3 is 16.0 Å². The van der Waals surface area contributed by atoms with E-state index in [1.54, 1.807) is 24.3 Å². The average molecular weight is 372 g/mol. The van der Waals surface area contributed by atoms with Crippen LogP contribution in [0.25, 0.3) is 0 Å². The van der Waals surface area contributed by atoms with Gasteiger partial charge in [0.1, 0.15) is 0 Å². The topological polar surface area (TPSA) is 113 Å². The molecule has 140 valence electrons. The highest BCUT2D eigenvalue weighted by atomic mass is 19.1. The van der Waals surface area contributed by atoms with E-state index in [-0.39, 0.29) is 24.2 Å². The summed E-state index contributed by atoms with van der Waals surface area (Å²) < 4.78 is 13.3. The first-order chi connectivity index (χ1) is 12.9. The SMILES string of the molecule is O=C(CNc1ccc(F)c([N+](=O)[O-])c1)Nc1cccc(C(=O)NC2CC2)c1. The molecule has 9 heteroatoms. The van der Waals surface area contributed by atoms with Crippen LogP contribution >= 0.6 is 0 Å². The molecule has 27 heavy (non-hydrogen) atoms. The third-order valence-electron chi connectivity index (χ3n) is 3.92. The smallest absolute Gasteiger partial charge is 0.306 e. The van der Waals surface area contributed by atoms with Crippen LogP contribution in [0.2, 0.25) is 0 Å². The lowest BCUT2D eigenvalue weighted by atomic mass is 10.2. The Labute approximate surface area is 153 Å². The van der Waals surface area contributed by atoms with Gasteiger partial charge in [-0.1, -0.05) is 6.07 Å². The first kappa shape index (κ1) is 18.3. The monoisotopic (exact) mass is 372 g/mol. The summed E-state index contributed by atoms with van der Waals surface area (Å²) in [6.45, 7) is -0.179. The van der Waals surface area contributed by atoms with Crippen molar-refractivity contribution in [2.75, 3.05) is 17.2 Å². The van der Waals surface area contributed by atoms with E-state index < -0.39 is 22.3 Å². The van der Waals surface area contributed by atoms with Gasteiger partial charge in [-0.3, -0.25) is 19.7 Å². The maximum atomic E-state index is 13.3. The fourth-order valence-corrected chi connectivity index (χ4v) is 2.38. The number of nitrogens with zero attached hydrogens (tertiary/aromatic N) is 1. The second-order valence-corrected chi connectivity index (χ2v) is 6.15. The molecule has 2 aromatic carbocycles. The van der Waals surface area contributed by atoms with Gasteiger partial charge in [0.25, 0.3) is 5.91 Å². The molecule has 0 aliphatic heterocycles. The molecule has 1 fully saturated rings. The van der Waals surface area contributed by atoms with Crippen molar-refractivity contribution < 1.29 is 18.9 Å². The fraction of sp³-hybridized carbons (Fsp3) is 0.222. The zero-order valence-electron chi connectivity index (χ0n) is 14.2. The molecule has 0 spiro atoms. The van der Waals surface area contributed by atoms with Crippen molar-refractivity contribution in [2.45, 2.75) is 18.9 Å². The number of rotatable bonds is 7. The average Bonchev–Trinajstić information content (AvgIpc) is 3.45. The number of nitrogens with one attached hydrogen (secondary N) is 3. The lowest BCUT2D eigenvalue weighted by molar-refractivity contribution is -0.387. The molecular weight excluding hydrogens is 355 g/mol. The standard InChI is InChI=1S/C18H17FN4O4/c19-15-7-6-13(9-16(15)23(26)27)20-10-17(24)21-14-3-1-2-11(8-14)18(25)22-12-4-5-12/h1-3,6-9,12,20H,4-5,10H2,(H,21,24)(H,22,25). The minimum absolute atomic E-state index is 0.179. The lowest BCUT2D eigenvalue weighted by Gasteiger charge is -2.09. The Morgan fingerprint density at radius 3 is 2.63 bits per heavy atom. The van der Waals surface area contributed by atoms with E-state index in [2.05, 4.69) is 16.0 Å². The number of nitro benzene ring substituents is 1. The fourth-order valence-electron chi connectivity index (χ4n) is 2.38. The Morgan fingerprint density at radius 1 is 1.15 bits per heavy atom. The summed E-state index contributed by atoms with van der Waals surface area (Å²) >= 11 is 0. The molecule has 0 radical (unpaired) electrons. The van der Waals surface area contributed by atoms with Gasteiger partial charge >= 0.3 is 5.69 Å². The molecule has 3 rings (SSSR count). The summed E-state index contributed by atoms with van der Waals surface area (Å²) in [6, 6.07) is 10.0. The molecule has 8 nitrogen and oxygen atoms in total. The number of halogens is 1. The van der Waals surface area contributed by atoms with Crippen molar-refractivity contribution in [1.29, 1.82) is 0 Å². The van der Waals surface area contributed by atoms with Crippen molar-refractivity contribution in [1.82, 2.24) is 5.32 Å². The van der Waals surface area contributed by atoms with Gasteiger partial charge in [0, 0.05) is 29.0 Å². The van der Waals surface area contributed by atoms with E-state index >= 15 is 0 Å². The van der Waals surface area contributed by atoms with E-state index in [1.807, 2.05) is 0 Å². The molecule has 0 heterocycles. The maximum Gasteiger partial charge on any atom is 0.306 e. The summed E-state index contributed by atoms with van der Waals surface area (Å²) in [6.07, 6.45) is 1.96. The quantitative estimate of drug-likeness (QED) is 0.511. The number of hydrogen-bond acceptors (Lipinski definition) is 5. The molecule has 1 aliphatic carbocycles. The zero-order chi connectivity index (χ0) is 19.4. The molecule has 0 saturated heterocycles. The molecule has 2 amide bonds. The predicted octanol–water partition coefficient (Wildman–Crippen LogP) is 2.68. The summed E-state index contributed by atoms with van der Waals surface area (Å²) in [7, 11) is 0. The third-order valence-corrected chi connectivity index (χ3v) is 3.92. The van der Waals surface area contributed by atoms with E-state index in [0.29, 0.717) is 11.3 Å². The normalized spacial score (nSPS) is 12.9. The van der Waals surface area contributed by atoms with Crippen molar-refractivity contribution >= 4 is 28.9 Å². The highest BCUT2D eigenvalue weighted by Gasteiger charge is 2.23. The van der Waals surface area contributed by atoms with E-state index in [9.17, 15) is 24.1 Å². The van der Waals surface area contributed by atoms with Crippen LogP contribution in [0.3, 0.4) is 0 Å². The Morgan fingerprint density at radius 2 is 1.93 bits per heavy atom. The summed E-state index contributed by atoms with van der Waals surface area (Å²) in [5.41, 5.74) is 0.475. The third kappa shape index (κ3) is 5.00. The molecular formula is C18H17FN4O4. The maximum absolute atomic E-state index is 13.3. The van der Waals surface area contributed by atoms with Crippen LogP contribution in [0.1, 0.15) is 23.2 Å². The molecule has 1 aliphatic rings. The minimum atomic E-state index is -0.948. The van der Waals surface area contributed by atoms with Crippen LogP contribution in [-0.2, 0) is 4.79 Å². The highest BCUT2D eigenvalue weighted by Crippen LogP contribution is 2.22. The summed E-state index contributed by atoms with van der Waals surface area (Å²) in [4.78, 5) is 34.0. The number of nitro groups is 1. The summed E-state index contributed by atoms with van der Waals surface area (Å²) in [5.74, 6) is -1.55.